The van der Waals surface area contributed by atoms with E-state index in [4.69, 9.17) is 10.5 Å². The van der Waals surface area contributed by atoms with Gasteiger partial charge in [0.05, 0.1) is 5.56 Å². The van der Waals surface area contributed by atoms with Crippen LogP contribution >= 0.6 is 0 Å². The van der Waals surface area contributed by atoms with Crippen molar-refractivity contribution in [2.45, 2.75) is 12.8 Å². The van der Waals surface area contributed by atoms with Crippen LogP contribution < -0.4 is 5.73 Å². The van der Waals surface area contributed by atoms with E-state index in [0.29, 0.717) is 24.7 Å². The SMILES string of the molecule is COCC1CCN(C(=O)c2cc(F)ccc2N)CC1. The first-order chi connectivity index (χ1) is 9.11. The van der Waals surface area contributed by atoms with Crippen molar-refractivity contribution < 1.29 is 13.9 Å². The van der Waals surface area contributed by atoms with Gasteiger partial charge in [-0.15, -0.1) is 0 Å². The van der Waals surface area contributed by atoms with Crippen LogP contribution in [-0.2, 0) is 4.74 Å². The van der Waals surface area contributed by atoms with Crippen LogP contribution in [-0.4, -0.2) is 37.6 Å². The number of nitrogens with zero attached hydrogens (tertiary/aromatic N) is 1. The number of methoxy groups -OCH3 is 1. The van der Waals surface area contributed by atoms with Crippen molar-refractivity contribution in [1.82, 2.24) is 4.90 Å². The molecule has 1 aliphatic rings. The number of carbonyl (C=O) groups excluding carboxylic acids is 1. The molecular weight excluding hydrogens is 247 g/mol. The third-order valence-electron chi connectivity index (χ3n) is 3.55. The highest BCUT2D eigenvalue weighted by atomic mass is 19.1. The molecule has 0 bridgehead atoms. The molecule has 1 heterocycles. The zero-order chi connectivity index (χ0) is 13.8. The molecule has 2 rings (SSSR count). The molecule has 1 saturated heterocycles. The van der Waals surface area contributed by atoms with E-state index in [1.54, 1.807) is 12.0 Å². The number of halogens is 1. The highest BCUT2D eigenvalue weighted by Crippen LogP contribution is 2.21. The Kier molecular flexibility index (Phi) is 4.37. The third kappa shape index (κ3) is 3.23. The Morgan fingerprint density at radius 1 is 1.47 bits per heavy atom. The number of nitrogens with two attached hydrogens (primary N) is 1. The van der Waals surface area contributed by atoms with Gasteiger partial charge in [0.15, 0.2) is 0 Å². The van der Waals surface area contributed by atoms with Crippen molar-refractivity contribution in [2.75, 3.05) is 32.5 Å². The highest BCUT2D eigenvalue weighted by molar-refractivity contribution is 5.99. The minimum Gasteiger partial charge on any atom is -0.398 e. The second-order valence-electron chi connectivity index (χ2n) is 4.92. The number of rotatable bonds is 3. The number of ether oxygens (including phenoxy) is 1. The first kappa shape index (κ1) is 13.8. The summed E-state index contributed by atoms with van der Waals surface area (Å²) in [6.45, 7) is 2.07. The molecule has 0 aliphatic carbocycles. The number of anilines is 1. The predicted molar refractivity (Wildman–Crippen MR) is 71.3 cm³/mol. The largest absolute Gasteiger partial charge is 0.398 e. The molecule has 0 saturated carbocycles. The van der Waals surface area contributed by atoms with Gasteiger partial charge >= 0.3 is 0 Å². The second-order valence-corrected chi connectivity index (χ2v) is 4.92. The van der Waals surface area contributed by atoms with Crippen molar-refractivity contribution in [1.29, 1.82) is 0 Å². The van der Waals surface area contributed by atoms with Gasteiger partial charge in [-0.2, -0.15) is 0 Å². The van der Waals surface area contributed by atoms with Crippen molar-refractivity contribution in [3.8, 4) is 0 Å². The Hall–Kier alpha value is -1.62. The van der Waals surface area contributed by atoms with Gasteiger partial charge in [-0.1, -0.05) is 0 Å². The average molecular weight is 266 g/mol. The maximum absolute atomic E-state index is 13.2. The molecule has 1 aliphatic heterocycles. The number of hydrogen-bond acceptors (Lipinski definition) is 3. The lowest BCUT2D eigenvalue weighted by Crippen LogP contribution is -2.39. The lowest BCUT2D eigenvalue weighted by molar-refractivity contribution is 0.0614. The smallest absolute Gasteiger partial charge is 0.256 e. The molecule has 0 unspecified atom stereocenters. The van der Waals surface area contributed by atoms with E-state index >= 15 is 0 Å². The number of hydrogen-bond donors (Lipinski definition) is 1. The van der Waals surface area contributed by atoms with E-state index in [1.807, 2.05) is 0 Å². The summed E-state index contributed by atoms with van der Waals surface area (Å²) in [6, 6.07) is 3.90. The molecule has 19 heavy (non-hydrogen) atoms. The summed E-state index contributed by atoms with van der Waals surface area (Å²) in [5.41, 5.74) is 6.32. The van der Waals surface area contributed by atoms with E-state index in [0.717, 1.165) is 19.4 Å². The van der Waals surface area contributed by atoms with Crippen LogP contribution in [0.1, 0.15) is 23.2 Å². The summed E-state index contributed by atoms with van der Waals surface area (Å²) in [6.07, 6.45) is 1.82. The van der Waals surface area contributed by atoms with E-state index in [1.165, 1.54) is 18.2 Å². The fourth-order valence-corrected chi connectivity index (χ4v) is 2.42. The van der Waals surface area contributed by atoms with Crippen LogP contribution in [0.2, 0.25) is 0 Å². The molecular formula is C14H19FN2O2. The minimum absolute atomic E-state index is 0.187. The zero-order valence-electron chi connectivity index (χ0n) is 11.1. The maximum atomic E-state index is 13.2. The van der Waals surface area contributed by atoms with Crippen LogP contribution in [0.5, 0.6) is 0 Å². The average Bonchev–Trinajstić information content (AvgIpc) is 2.42. The molecule has 1 aromatic carbocycles. The van der Waals surface area contributed by atoms with Gasteiger partial charge < -0.3 is 15.4 Å². The quantitative estimate of drug-likeness (QED) is 0.850. The molecule has 0 radical (unpaired) electrons. The molecule has 5 heteroatoms. The van der Waals surface area contributed by atoms with Crippen LogP contribution in [0.4, 0.5) is 10.1 Å². The summed E-state index contributed by atoms with van der Waals surface area (Å²) < 4.78 is 18.3. The van der Waals surface area contributed by atoms with Crippen LogP contribution in [0.25, 0.3) is 0 Å². The normalized spacial score (nSPS) is 16.6. The van der Waals surface area contributed by atoms with Crippen LogP contribution in [0, 0.1) is 11.7 Å². The number of nitrogen functional groups attached to an aromatic ring is 1. The predicted octanol–water partition coefficient (Wildman–Crippen LogP) is 1.91. The number of carbonyl (C=O) groups is 1. The van der Waals surface area contributed by atoms with Gasteiger partial charge in [0.25, 0.3) is 5.91 Å². The van der Waals surface area contributed by atoms with Gasteiger partial charge in [-0.3, -0.25) is 4.79 Å². The summed E-state index contributed by atoms with van der Waals surface area (Å²) in [5, 5.41) is 0. The maximum Gasteiger partial charge on any atom is 0.256 e. The molecule has 1 aromatic rings. The molecule has 0 spiro atoms. The molecule has 1 fully saturated rings. The van der Waals surface area contributed by atoms with Gasteiger partial charge in [0.1, 0.15) is 5.82 Å². The molecule has 1 amide bonds. The Bertz CT molecular complexity index is 457. The van der Waals surface area contributed by atoms with E-state index in [9.17, 15) is 9.18 Å². The van der Waals surface area contributed by atoms with E-state index in [2.05, 4.69) is 0 Å². The van der Waals surface area contributed by atoms with Gasteiger partial charge in [-0.05, 0) is 37.0 Å². The third-order valence-corrected chi connectivity index (χ3v) is 3.55. The topological polar surface area (TPSA) is 55.6 Å². The summed E-state index contributed by atoms with van der Waals surface area (Å²) in [4.78, 5) is 14.0. The highest BCUT2D eigenvalue weighted by Gasteiger charge is 2.24. The monoisotopic (exact) mass is 266 g/mol. The standard InChI is InChI=1S/C14H19FN2O2/c1-19-9-10-4-6-17(7-5-10)14(18)12-8-11(15)2-3-13(12)16/h2-3,8,10H,4-7,9,16H2,1H3. The summed E-state index contributed by atoms with van der Waals surface area (Å²) >= 11 is 0. The fraction of sp³-hybridized carbons (Fsp3) is 0.500. The lowest BCUT2D eigenvalue weighted by Gasteiger charge is -2.32. The number of likely N-dealkylation sites (tertiary alicyclic amines) is 1. The number of amides is 1. The summed E-state index contributed by atoms with van der Waals surface area (Å²) in [7, 11) is 1.69. The molecule has 0 aromatic heterocycles. The Morgan fingerprint density at radius 3 is 2.79 bits per heavy atom. The Balaban J connectivity index is 2.03. The van der Waals surface area contributed by atoms with Crippen molar-refractivity contribution in [3.63, 3.8) is 0 Å². The molecule has 0 atom stereocenters. The van der Waals surface area contributed by atoms with Crippen LogP contribution in [0.15, 0.2) is 18.2 Å². The zero-order valence-corrected chi connectivity index (χ0v) is 11.1. The lowest BCUT2D eigenvalue weighted by atomic mass is 9.97. The molecule has 2 N–H and O–H groups in total. The Labute approximate surface area is 112 Å². The molecule has 4 nitrogen and oxygen atoms in total. The van der Waals surface area contributed by atoms with Crippen molar-refractivity contribution >= 4 is 11.6 Å². The summed E-state index contributed by atoms with van der Waals surface area (Å²) in [5.74, 6) is -0.126. The van der Waals surface area contributed by atoms with E-state index in [-0.39, 0.29) is 11.5 Å². The van der Waals surface area contributed by atoms with Gasteiger partial charge in [-0.25, -0.2) is 4.39 Å². The van der Waals surface area contributed by atoms with E-state index < -0.39 is 5.82 Å². The second kappa shape index (κ2) is 6.02. The Morgan fingerprint density at radius 2 is 2.16 bits per heavy atom. The number of benzene rings is 1. The van der Waals surface area contributed by atoms with Crippen LogP contribution in [0.3, 0.4) is 0 Å². The van der Waals surface area contributed by atoms with Gasteiger partial charge in [0.2, 0.25) is 0 Å². The van der Waals surface area contributed by atoms with Crippen molar-refractivity contribution in [2.24, 2.45) is 5.92 Å². The van der Waals surface area contributed by atoms with Crippen molar-refractivity contribution in [3.05, 3.63) is 29.6 Å². The first-order valence-corrected chi connectivity index (χ1v) is 6.45. The molecule has 104 valence electrons. The number of piperidine rings is 1. The fourth-order valence-electron chi connectivity index (χ4n) is 2.42. The minimum atomic E-state index is -0.438. The first-order valence-electron chi connectivity index (χ1n) is 6.45. The van der Waals surface area contributed by atoms with Gasteiger partial charge in [0, 0.05) is 32.5 Å².